The van der Waals surface area contributed by atoms with Gasteiger partial charge in [-0.15, -0.1) is 0 Å². The highest BCUT2D eigenvalue weighted by molar-refractivity contribution is 9.09. The van der Waals surface area contributed by atoms with Crippen LogP contribution in [0.2, 0.25) is 0 Å². The third-order valence-electron chi connectivity index (χ3n) is 10.3. The van der Waals surface area contributed by atoms with E-state index in [9.17, 15) is 14.4 Å². The van der Waals surface area contributed by atoms with E-state index in [1.807, 2.05) is 0 Å². The normalized spacial score (nSPS) is 12.3. The lowest BCUT2D eigenvalue weighted by atomic mass is 9.90. The molecule has 0 radical (unpaired) electrons. The Balaban J connectivity index is 1.14. The van der Waals surface area contributed by atoms with Crippen LogP contribution in [0.4, 0.5) is 0 Å². The highest BCUT2D eigenvalue weighted by Gasteiger charge is 2.20. The predicted molar refractivity (Wildman–Crippen MR) is 227 cm³/mol. The Labute approximate surface area is 332 Å². The first-order valence-electron chi connectivity index (χ1n) is 20.9. The number of rotatable bonds is 29. The number of hydrogen-bond acceptors (Lipinski definition) is 6. The lowest BCUT2D eigenvalue weighted by Crippen LogP contribution is -2.30. The molecule has 0 aliphatic rings. The van der Waals surface area contributed by atoms with E-state index in [1.54, 1.807) is 0 Å². The molecule has 0 saturated heterocycles. The Kier molecular flexibility index (Phi) is 20.5. The molecule has 0 aliphatic heterocycles. The summed E-state index contributed by atoms with van der Waals surface area (Å²) in [6.07, 6.45) is 24.2. The molecule has 4 aromatic carbocycles. The maximum atomic E-state index is 12.8. The van der Waals surface area contributed by atoms with E-state index >= 15 is 0 Å². The zero-order chi connectivity index (χ0) is 38.2. The van der Waals surface area contributed by atoms with Crippen molar-refractivity contribution < 1.29 is 28.6 Å². The van der Waals surface area contributed by atoms with Crippen LogP contribution in [-0.4, -0.2) is 42.6 Å². The molecule has 0 heterocycles. The van der Waals surface area contributed by atoms with Gasteiger partial charge in [0.2, 0.25) is 0 Å². The molecular formula is C47H63BrO6. The molecule has 0 aliphatic carbocycles. The summed E-state index contributed by atoms with van der Waals surface area (Å²) in [4.78, 5) is 38.0. The molecule has 1 atom stereocenters. The van der Waals surface area contributed by atoms with Gasteiger partial charge in [-0.2, -0.15) is 0 Å². The SMILES string of the molecule is CCCCCCCC/C=C\CCCCCCCC(=O)OC[C@@H](COC(=O)CCCc1ccc2ccc3cccc4ccc1c2c34)OC(=O)CCCCCBr. The largest absolute Gasteiger partial charge is 0.462 e. The van der Waals surface area contributed by atoms with Crippen molar-refractivity contribution in [3.05, 3.63) is 72.3 Å². The fourth-order valence-electron chi connectivity index (χ4n) is 7.19. The van der Waals surface area contributed by atoms with Crippen LogP contribution >= 0.6 is 15.9 Å². The van der Waals surface area contributed by atoms with Gasteiger partial charge < -0.3 is 14.2 Å². The zero-order valence-electron chi connectivity index (χ0n) is 32.7. The summed E-state index contributed by atoms with van der Waals surface area (Å²) in [5, 5.41) is 8.35. The predicted octanol–water partition coefficient (Wildman–Crippen LogP) is 12.9. The lowest BCUT2D eigenvalue weighted by molar-refractivity contribution is -0.167. The van der Waals surface area contributed by atoms with E-state index in [2.05, 4.69) is 89.6 Å². The number of benzene rings is 4. The first-order chi connectivity index (χ1) is 26.5. The second kappa shape index (κ2) is 25.6. The Morgan fingerprint density at radius 3 is 1.74 bits per heavy atom. The van der Waals surface area contributed by atoms with Crippen molar-refractivity contribution in [1.29, 1.82) is 0 Å². The average molecular weight is 804 g/mol. The fraction of sp³-hybridized carbons (Fsp3) is 0.553. The van der Waals surface area contributed by atoms with Gasteiger partial charge >= 0.3 is 17.9 Å². The molecule has 0 N–H and O–H groups in total. The number of aryl methyl sites for hydroxylation is 1. The van der Waals surface area contributed by atoms with Crippen molar-refractivity contribution in [2.75, 3.05) is 18.5 Å². The van der Waals surface area contributed by atoms with Gasteiger partial charge in [0, 0.05) is 24.6 Å². The number of carbonyl (C=O) groups excluding carboxylic acids is 3. The van der Waals surface area contributed by atoms with Crippen LogP contribution in [0.3, 0.4) is 0 Å². The van der Waals surface area contributed by atoms with Gasteiger partial charge in [0.15, 0.2) is 6.10 Å². The molecule has 294 valence electrons. The Morgan fingerprint density at radius 1 is 0.574 bits per heavy atom. The molecule has 6 nitrogen and oxygen atoms in total. The highest BCUT2D eigenvalue weighted by Crippen LogP contribution is 2.36. The number of ether oxygens (including phenoxy) is 3. The van der Waals surface area contributed by atoms with E-state index in [1.165, 1.54) is 89.2 Å². The van der Waals surface area contributed by atoms with Crippen LogP contribution in [-0.2, 0) is 35.0 Å². The Morgan fingerprint density at radius 2 is 1.09 bits per heavy atom. The van der Waals surface area contributed by atoms with Crippen LogP contribution < -0.4 is 0 Å². The van der Waals surface area contributed by atoms with Crippen molar-refractivity contribution in [3.8, 4) is 0 Å². The summed E-state index contributed by atoms with van der Waals surface area (Å²) in [5.41, 5.74) is 1.21. The monoisotopic (exact) mass is 802 g/mol. The van der Waals surface area contributed by atoms with E-state index in [0.717, 1.165) is 63.1 Å². The number of allylic oxidation sites excluding steroid dienone is 2. The van der Waals surface area contributed by atoms with Gasteiger partial charge in [0.1, 0.15) is 13.2 Å². The van der Waals surface area contributed by atoms with E-state index in [-0.39, 0.29) is 44.0 Å². The Bertz CT molecular complexity index is 1700. The molecule has 7 heteroatoms. The minimum absolute atomic E-state index is 0.118. The molecule has 4 rings (SSSR count). The number of halogens is 1. The molecule has 0 unspecified atom stereocenters. The first-order valence-corrected chi connectivity index (χ1v) is 22.0. The number of esters is 3. The third-order valence-corrected chi connectivity index (χ3v) is 10.8. The van der Waals surface area contributed by atoms with Gasteiger partial charge in [0.25, 0.3) is 0 Å². The minimum atomic E-state index is -0.826. The van der Waals surface area contributed by atoms with Crippen molar-refractivity contribution in [2.45, 2.75) is 148 Å². The van der Waals surface area contributed by atoms with E-state index in [4.69, 9.17) is 14.2 Å². The number of carbonyl (C=O) groups is 3. The van der Waals surface area contributed by atoms with Crippen LogP contribution in [0.25, 0.3) is 32.3 Å². The van der Waals surface area contributed by atoms with Crippen molar-refractivity contribution in [1.82, 2.24) is 0 Å². The van der Waals surface area contributed by atoms with E-state index < -0.39 is 6.10 Å². The van der Waals surface area contributed by atoms with E-state index in [0.29, 0.717) is 12.8 Å². The topological polar surface area (TPSA) is 78.9 Å². The Hall–Kier alpha value is -3.45. The summed E-state index contributed by atoms with van der Waals surface area (Å²) >= 11 is 3.42. The van der Waals surface area contributed by atoms with Gasteiger partial charge in [-0.05, 0) is 95.7 Å². The molecule has 54 heavy (non-hydrogen) atoms. The third kappa shape index (κ3) is 15.4. The summed E-state index contributed by atoms with van der Waals surface area (Å²) < 4.78 is 16.7. The molecule has 0 saturated carbocycles. The van der Waals surface area contributed by atoms with Crippen molar-refractivity contribution in [3.63, 3.8) is 0 Å². The summed E-state index contributed by atoms with van der Waals surface area (Å²) in [6.45, 7) is 2.00. The minimum Gasteiger partial charge on any atom is -0.462 e. The second-order valence-electron chi connectivity index (χ2n) is 14.7. The first kappa shape index (κ1) is 43.3. The van der Waals surface area contributed by atoms with Crippen LogP contribution in [0.1, 0.15) is 141 Å². The van der Waals surface area contributed by atoms with Crippen molar-refractivity contribution >= 4 is 66.2 Å². The summed E-state index contributed by atoms with van der Waals surface area (Å²) in [6, 6.07) is 19.4. The smallest absolute Gasteiger partial charge is 0.306 e. The van der Waals surface area contributed by atoms with Gasteiger partial charge in [-0.1, -0.05) is 147 Å². The summed E-state index contributed by atoms with van der Waals surface area (Å²) in [7, 11) is 0. The maximum absolute atomic E-state index is 12.8. The lowest BCUT2D eigenvalue weighted by Gasteiger charge is -2.18. The molecular weight excluding hydrogens is 740 g/mol. The van der Waals surface area contributed by atoms with Gasteiger partial charge in [0.05, 0.1) is 0 Å². The van der Waals surface area contributed by atoms with Crippen LogP contribution in [0.15, 0.2) is 66.7 Å². The molecule has 0 spiro atoms. The second-order valence-corrected chi connectivity index (χ2v) is 15.5. The standard InChI is InChI=1S/C47H63BrO6/c1-2-3-4-5-6-7-8-9-10-11-12-13-14-15-17-25-43(49)52-35-41(54-45(51)26-18-16-19-34-48)36-53-44(50)27-21-22-37-28-29-40-31-30-38-23-20-24-39-32-33-42(37)47(40)46(38)39/h9-10,20,23-24,28-33,41H,2-8,11-19,21-22,25-27,34-36H2,1H3/b10-9-/t41-/m0/s1. The van der Waals surface area contributed by atoms with Crippen LogP contribution in [0, 0.1) is 0 Å². The highest BCUT2D eigenvalue weighted by atomic mass is 79.9. The maximum Gasteiger partial charge on any atom is 0.306 e. The van der Waals surface area contributed by atoms with Crippen molar-refractivity contribution in [2.24, 2.45) is 0 Å². The quantitative estimate of drug-likeness (QED) is 0.0136. The molecule has 4 aromatic rings. The van der Waals surface area contributed by atoms with Gasteiger partial charge in [-0.25, -0.2) is 0 Å². The van der Waals surface area contributed by atoms with Gasteiger partial charge in [-0.3, -0.25) is 14.4 Å². The molecule has 0 aromatic heterocycles. The molecule has 0 bridgehead atoms. The zero-order valence-corrected chi connectivity index (χ0v) is 34.3. The summed E-state index contributed by atoms with van der Waals surface area (Å²) in [5.74, 6) is -1.04. The van der Waals surface area contributed by atoms with Crippen LogP contribution in [0.5, 0.6) is 0 Å². The average Bonchev–Trinajstić information content (AvgIpc) is 3.18. The number of hydrogen-bond donors (Lipinski definition) is 0. The molecule has 0 amide bonds. The molecule has 0 fully saturated rings. The number of alkyl halides is 1. The number of unbranched alkanes of at least 4 members (excludes halogenated alkanes) is 13. The fourth-order valence-corrected chi connectivity index (χ4v) is 7.59.